The largest absolute Gasteiger partial charge is 0.454 e. The number of nitrogens with zero attached hydrogens (tertiary/aromatic N) is 1. The van der Waals surface area contributed by atoms with Gasteiger partial charge in [-0.15, -0.1) is 0 Å². The molecule has 0 spiro atoms. The topological polar surface area (TPSA) is 76.2 Å². The van der Waals surface area contributed by atoms with Crippen molar-refractivity contribution in [2.45, 2.75) is 37.5 Å². The lowest BCUT2D eigenvalue weighted by atomic mass is 9.68. The first-order valence-corrected chi connectivity index (χ1v) is 10.1. The number of hydrogen-bond donors (Lipinski definition) is 2. The number of aromatic nitrogens is 2. The number of amides is 1. The number of nitrogens with one attached hydrogen (secondary N) is 2. The molecule has 29 heavy (non-hydrogen) atoms. The molecular formula is C23H23N3O3. The molecule has 148 valence electrons. The maximum absolute atomic E-state index is 13.6. The third kappa shape index (κ3) is 3.24. The van der Waals surface area contributed by atoms with Crippen molar-refractivity contribution in [3.05, 3.63) is 60.4 Å². The van der Waals surface area contributed by atoms with E-state index in [9.17, 15) is 4.79 Å². The molecule has 1 fully saturated rings. The Hall–Kier alpha value is -3.28. The van der Waals surface area contributed by atoms with E-state index in [0.717, 1.165) is 66.2 Å². The van der Waals surface area contributed by atoms with Gasteiger partial charge < -0.3 is 19.8 Å². The standard InChI is InChI=1S/C23H23N3O3/c27-22(26-18-6-4-5-16(13-18)21-24-11-12-25-21)23(9-2-1-3-10-23)17-7-8-19-20(14-17)29-15-28-19/h4-8,11-14H,1-3,9-10,15H2,(H,24,25)(H,26,27). The average molecular weight is 389 g/mol. The second kappa shape index (κ2) is 7.28. The number of ether oxygens (including phenoxy) is 2. The van der Waals surface area contributed by atoms with E-state index in [-0.39, 0.29) is 12.7 Å². The molecule has 0 saturated heterocycles. The highest BCUT2D eigenvalue weighted by Gasteiger charge is 2.42. The first-order valence-electron chi connectivity index (χ1n) is 10.1. The lowest BCUT2D eigenvalue weighted by Crippen LogP contribution is -2.42. The minimum Gasteiger partial charge on any atom is -0.454 e. The minimum absolute atomic E-state index is 0.0349. The number of hydrogen-bond acceptors (Lipinski definition) is 4. The van der Waals surface area contributed by atoms with Gasteiger partial charge in [0.2, 0.25) is 12.7 Å². The summed E-state index contributed by atoms with van der Waals surface area (Å²) in [5.74, 6) is 2.28. The molecule has 6 heteroatoms. The SMILES string of the molecule is O=C(Nc1cccc(-c2ncc[nH]2)c1)C1(c2ccc3c(c2)OCO3)CCCCC1. The van der Waals surface area contributed by atoms with Crippen molar-refractivity contribution in [3.8, 4) is 22.9 Å². The van der Waals surface area contributed by atoms with Crippen molar-refractivity contribution >= 4 is 11.6 Å². The van der Waals surface area contributed by atoms with Crippen LogP contribution in [-0.4, -0.2) is 22.7 Å². The van der Waals surface area contributed by atoms with Crippen LogP contribution in [0.2, 0.25) is 0 Å². The molecule has 5 rings (SSSR count). The van der Waals surface area contributed by atoms with E-state index in [0.29, 0.717) is 0 Å². The van der Waals surface area contributed by atoms with Crippen molar-refractivity contribution in [1.82, 2.24) is 9.97 Å². The zero-order chi connectivity index (χ0) is 19.7. The maximum atomic E-state index is 13.6. The Morgan fingerprint density at radius 1 is 1.03 bits per heavy atom. The van der Waals surface area contributed by atoms with Crippen LogP contribution >= 0.6 is 0 Å². The quantitative estimate of drug-likeness (QED) is 0.681. The van der Waals surface area contributed by atoms with Gasteiger partial charge in [-0.1, -0.05) is 37.5 Å². The monoisotopic (exact) mass is 389 g/mol. The number of H-pyrrole nitrogens is 1. The Balaban J connectivity index is 1.46. The molecule has 0 radical (unpaired) electrons. The fourth-order valence-electron chi connectivity index (χ4n) is 4.41. The summed E-state index contributed by atoms with van der Waals surface area (Å²) >= 11 is 0. The Morgan fingerprint density at radius 2 is 1.90 bits per heavy atom. The summed E-state index contributed by atoms with van der Waals surface area (Å²) in [4.78, 5) is 21.0. The van der Waals surface area contributed by atoms with Gasteiger partial charge in [0.05, 0.1) is 5.41 Å². The van der Waals surface area contributed by atoms with Gasteiger partial charge in [-0.2, -0.15) is 0 Å². The molecule has 1 aromatic heterocycles. The summed E-state index contributed by atoms with van der Waals surface area (Å²) in [6, 6.07) is 13.7. The Kier molecular flexibility index (Phi) is 4.46. The molecule has 3 aromatic rings. The lowest BCUT2D eigenvalue weighted by Gasteiger charge is -2.36. The molecule has 2 heterocycles. The van der Waals surface area contributed by atoms with Crippen LogP contribution in [0.1, 0.15) is 37.7 Å². The molecule has 2 aromatic carbocycles. The molecule has 0 bridgehead atoms. The molecular weight excluding hydrogens is 366 g/mol. The summed E-state index contributed by atoms with van der Waals surface area (Å²) < 4.78 is 11.0. The summed E-state index contributed by atoms with van der Waals surface area (Å²) in [5, 5.41) is 3.17. The summed E-state index contributed by atoms with van der Waals surface area (Å²) in [5.41, 5.74) is 2.16. The van der Waals surface area contributed by atoms with Crippen LogP contribution in [-0.2, 0) is 10.2 Å². The number of fused-ring (bicyclic) bond motifs is 1. The molecule has 1 aliphatic carbocycles. The maximum Gasteiger partial charge on any atom is 0.235 e. The molecule has 1 saturated carbocycles. The van der Waals surface area contributed by atoms with Crippen molar-refractivity contribution in [1.29, 1.82) is 0 Å². The minimum atomic E-state index is -0.556. The van der Waals surface area contributed by atoms with E-state index in [1.807, 2.05) is 42.5 Å². The van der Waals surface area contributed by atoms with Gasteiger partial charge >= 0.3 is 0 Å². The first-order chi connectivity index (χ1) is 14.2. The fourth-order valence-corrected chi connectivity index (χ4v) is 4.41. The highest BCUT2D eigenvalue weighted by molar-refractivity contribution is 5.99. The first kappa shape index (κ1) is 17.8. The van der Waals surface area contributed by atoms with E-state index in [2.05, 4.69) is 15.3 Å². The second-order valence-electron chi connectivity index (χ2n) is 7.68. The van der Waals surface area contributed by atoms with Gasteiger partial charge in [-0.3, -0.25) is 4.79 Å². The van der Waals surface area contributed by atoms with E-state index < -0.39 is 5.41 Å². The predicted octanol–water partition coefficient (Wildman–Crippen LogP) is 4.65. The van der Waals surface area contributed by atoms with Gasteiger partial charge in [0.15, 0.2) is 11.5 Å². The Bertz CT molecular complexity index is 1020. The predicted molar refractivity (Wildman–Crippen MR) is 110 cm³/mol. The van der Waals surface area contributed by atoms with Gasteiger partial charge in [-0.05, 0) is 42.7 Å². The average Bonchev–Trinajstić information content (AvgIpc) is 3.46. The summed E-state index contributed by atoms with van der Waals surface area (Å²) in [7, 11) is 0. The lowest BCUT2D eigenvalue weighted by molar-refractivity contribution is -0.122. The normalized spacial score (nSPS) is 17.1. The third-order valence-electron chi connectivity index (χ3n) is 5.96. The van der Waals surface area contributed by atoms with E-state index in [1.165, 1.54) is 0 Å². The van der Waals surface area contributed by atoms with Crippen molar-refractivity contribution in [3.63, 3.8) is 0 Å². The zero-order valence-electron chi connectivity index (χ0n) is 16.1. The molecule has 2 aliphatic rings. The van der Waals surface area contributed by atoms with Crippen molar-refractivity contribution in [2.75, 3.05) is 12.1 Å². The Morgan fingerprint density at radius 3 is 2.72 bits per heavy atom. The number of carbonyl (C=O) groups is 1. The summed E-state index contributed by atoms with van der Waals surface area (Å²) in [6.45, 7) is 0.234. The van der Waals surface area contributed by atoms with Crippen LogP contribution in [0.5, 0.6) is 11.5 Å². The highest BCUT2D eigenvalue weighted by atomic mass is 16.7. The van der Waals surface area contributed by atoms with Gasteiger partial charge in [0, 0.05) is 23.6 Å². The molecule has 0 atom stereocenters. The van der Waals surface area contributed by atoms with E-state index in [4.69, 9.17) is 9.47 Å². The van der Waals surface area contributed by atoms with Crippen LogP contribution in [0, 0.1) is 0 Å². The van der Waals surface area contributed by atoms with Crippen LogP contribution in [0.4, 0.5) is 5.69 Å². The van der Waals surface area contributed by atoms with Crippen LogP contribution < -0.4 is 14.8 Å². The number of benzene rings is 2. The smallest absolute Gasteiger partial charge is 0.235 e. The molecule has 1 aliphatic heterocycles. The van der Waals surface area contributed by atoms with Crippen molar-refractivity contribution < 1.29 is 14.3 Å². The number of imidazole rings is 1. The molecule has 6 nitrogen and oxygen atoms in total. The Labute approximate surface area is 169 Å². The van der Waals surface area contributed by atoms with Gasteiger partial charge in [-0.25, -0.2) is 4.98 Å². The molecule has 1 amide bonds. The molecule has 0 unspecified atom stereocenters. The van der Waals surface area contributed by atoms with Crippen LogP contribution in [0.15, 0.2) is 54.9 Å². The number of aromatic amines is 1. The zero-order valence-corrected chi connectivity index (χ0v) is 16.1. The highest BCUT2D eigenvalue weighted by Crippen LogP contribution is 2.44. The number of rotatable bonds is 4. The number of carbonyl (C=O) groups excluding carboxylic acids is 1. The number of anilines is 1. The van der Waals surface area contributed by atoms with Gasteiger partial charge in [0.1, 0.15) is 5.82 Å². The van der Waals surface area contributed by atoms with Crippen LogP contribution in [0.25, 0.3) is 11.4 Å². The third-order valence-corrected chi connectivity index (χ3v) is 5.96. The van der Waals surface area contributed by atoms with Crippen LogP contribution in [0.3, 0.4) is 0 Å². The molecule has 2 N–H and O–H groups in total. The van der Waals surface area contributed by atoms with Crippen molar-refractivity contribution in [2.24, 2.45) is 0 Å². The fraction of sp³-hybridized carbons (Fsp3) is 0.304. The van der Waals surface area contributed by atoms with E-state index in [1.54, 1.807) is 12.4 Å². The van der Waals surface area contributed by atoms with Gasteiger partial charge in [0.25, 0.3) is 0 Å². The van der Waals surface area contributed by atoms with E-state index >= 15 is 0 Å². The summed E-state index contributed by atoms with van der Waals surface area (Å²) in [6.07, 6.45) is 8.40. The second-order valence-corrected chi connectivity index (χ2v) is 7.68.